The number of nitrogens with one attached hydrogen (secondary N) is 1. The van der Waals surface area contributed by atoms with Gasteiger partial charge in [0.2, 0.25) is 5.91 Å². The second-order valence-electron chi connectivity index (χ2n) is 5.44. The molecule has 5 heteroatoms. The van der Waals surface area contributed by atoms with Crippen molar-refractivity contribution in [2.45, 2.75) is 32.3 Å². The third kappa shape index (κ3) is 4.03. The molecule has 1 amide bonds. The van der Waals surface area contributed by atoms with Gasteiger partial charge >= 0.3 is 0 Å². The lowest BCUT2D eigenvalue weighted by atomic mass is 10.0. The number of amides is 1. The van der Waals surface area contributed by atoms with Gasteiger partial charge in [-0.1, -0.05) is 12.1 Å². The number of hydrogen-bond acceptors (Lipinski definition) is 4. The van der Waals surface area contributed by atoms with Crippen LogP contribution in [0.15, 0.2) is 18.2 Å². The number of aliphatic hydroxyl groups is 2. The van der Waals surface area contributed by atoms with Crippen LogP contribution in [0.3, 0.4) is 0 Å². The molecule has 2 rings (SSSR count). The van der Waals surface area contributed by atoms with Crippen molar-refractivity contribution in [3.8, 4) is 0 Å². The number of anilines is 1. The van der Waals surface area contributed by atoms with Crippen molar-refractivity contribution in [3.63, 3.8) is 0 Å². The number of carbonyl (C=O) groups excluding carboxylic acids is 1. The molecule has 1 aliphatic rings. The van der Waals surface area contributed by atoms with Crippen LogP contribution >= 0.6 is 0 Å². The third-order valence-electron chi connectivity index (χ3n) is 3.87. The Balaban J connectivity index is 1.91. The molecule has 116 valence electrons. The highest BCUT2D eigenvalue weighted by Crippen LogP contribution is 2.31. The fourth-order valence-corrected chi connectivity index (χ4v) is 2.69. The Morgan fingerprint density at radius 2 is 2.24 bits per heavy atom. The van der Waals surface area contributed by atoms with Gasteiger partial charge in [-0.15, -0.1) is 0 Å². The normalized spacial score (nSPS) is 15.1. The fraction of sp³-hybridized carbons (Fsp3) is 0.562. The van der Waals surface area contributed by atoms with E-state index in [1.807, 2.05) is 18.2 Å². The summed E-state index contributed by atoms with van der Waals surface area (Å²) in [5, 5.41) is 22.1. The maximum absolute atomic E-state index is 11.5. The van der Waals surface area contributed by atoms with Crippen LogP contribution < -0.4 is 10.2 Å². The lowest BCUT2D eigenvalue weighted by Gasteiger charge is -2.16. The molecule has 1 heterocycles. The van der Waals surface area contributed by atoms with Gasteiger partial charge < -0.3 is 20.4 Å². The standard InChI is InChI=1S/C16H24N2O3/c1-12(20)18-9-6-13-11-14(3-4-15(13)18)16(21)5-8-17-7-2-10-19/h3-4,11,16-17,19,21H,2,5-10H2,1H3. The molecule has 0 fully saturated rings. The van der Waals surface area contributed by atoms with E-state index in [1.165, 1.54) is 0 Å². The number of aliphatic hydroxyl groups excluding tert-OH is 2. The monoisotopic (exact) mass is 292 g/mol. The number of nitrogens with zero attached hydrogens (tertiary/aromatic N) is 1. The first kappa shape index (κ1) is 15.9. The van der Waals surface area contributed by atoms with E-state index in [9.17, 15) is 9.90 Å². The summed E-state index contributed by atoms with van der Waals surface area (Å²) in [4.78, 5) is 13.3. The Hall–Kier alpha value is -1.43. The van der Waals surface area contributed by atoms with Crippen molar-refractivity contribution in [2.24, 2.45) is 0 Å². The second-order valence-corrected chi connectivity index (χ2v) is 5.44. The summed E-state index contributed by atoms with van der Waals surface area (Å²) in [6.45, 7) is 3.98. The number of rotatable bonds is 7. The van der Waals surface area contributed by atoms with Gasteiger partial charge in [0.15, 0.2) is 0 Å². The van der Waals surface area contributed by atoms with Crippen LogP contribution in [0.4, 0.5) is 5.69 Å². The zero-order valence-electron chi connectivity index (χ0n) is 12.5. The van der Waals surface area contributed by atoms with E-state index < -0.39 is 6.10 Å². The summed E-state index contributed by atoms with van der Waals surface area (Å²) in [5.74, 6) is 0.0649. The van der Waals surface area contributed by atoms with Crippen molar-refractivity contribution < 1.29 is 15.0 Å². The first-order chi connectivity index (χ1) is 10.1. The van der Waals surface area contributed by atoms with Gasteiger partial charge in [-0.2, -0.15) is 0 Å². The van der Waals surface area contributed by atoms with Crippen LogP contribution in [0.2, 0.25) is 0 Å². The van der Waals surface area contributed by atoms with Crippen molar-refractivity contribution in [3.05, 3.63) is 29.3 Å². The number of hydrogen-bond donors (Lipinski definition) is 3. The topological polar surface area (TPSA) is 72.8 Å². The summed E-state index contributed by atoms with van der Waals surface area (Å²) in [6, 6.07) is 5.84. The minimum atomic E-state index is -0.497. The molecule has 1 aliphatic heterocycles. The van der Waals surface area contributed by atoms with Crippen molar-refractivity contribution in [1.82, 2.24) is 5.32 Å². The quantitative estimate of drug-likeness (QED) is 0.655. The highest BCUT2D eigenvalue weighted by atomic mass is 16.3. The minimum Gasteiger partial charge on any atom is -0.396 e. The zero-order valence-corrected chi connectivity index (χ0v) is 12.5. The molecule has 1 atom stereocenters. The minimum absolute atomic E-state index is 0.0649. The Bertz CT molecular complexity index is 490. The van der Waals surface area contributed by atoms with Crippen LogP contribution in [0, 0.1) is 0 Å². The highest BCUT2D eigenvalue weighted by Gasteiger charge is 2.23. The van der Waals surface area contributed by atoms with E-state index in [0.29, 0.717) is 6.42 Å². The van der Waals surface area contributed by atoms with Crippen LogP contribution in [0.1, 0.15) is 37.0 Å². The SMILES string of the molecule is CC(=O)N1CCc2cc(C(O)CCNCCCO)ccc21. The smallest absolute Gasteiger partial charge is 0.223 e. The van der Waals surface area contributed by atoms with E-state index in [2.05, 4.69) is 5.32 Å². The van der Waals surface area contributed by atoms with Gasteiger partial charge in [-0.25, -0.2) is 0 Å². The van der Waals surface area contributed by atoms with Crippen molar-refractivity contribution in [2.75, 3.05) is 31.1 Å². The Labute approximate surface area is 125 Å². The fourth-order valence-electron chi connectivity index (χ4n) is 2.69. The Morgan fingerprint density at radius 1 is 1.43 bits per heavy atom. The molecular formula is C16H24N2O3. The number of carbonyl (C=O) groups is 1. The lowest BCUT2D eigenvalue weighted by molar-refractivity contribution is -0.116. The summed E-state index contributed by atoms with van der Waals surface area (Å²) in [7, 11) is 0. The Kier molecular flexibility index (Phi) is 5.73. The van der Waals surface area contributed by atoms with Crippen LogP contribution in [0.25, 0.3) is 0 Å². The van der Waals surface area contributed by atoms with Gasteiger partial charge in [-0.3, -0.25) is 4.79 Å². The summed E-state index contributed by atoms with van der Waals surface area (Å²) < 4.78 is 0. The molecule has 1 aromatic carbocycles. The predicted molar refractivity (Wildman–Crippen MR) is 82.3 cm³/mol. The molecule has 21 heavy (non-hydrogen) atoms. The third-order valence-corrected chi connectivity index (χ3v) is 3.87. The van der Waals surface area contributed by atoms with E-state index in [0.717, 1.165) is 49.3 Å². The van der Waals surface area contributed by atoms with Gasteiger partial charge in [0, 0.05) is 25.8 Å². The van der Waals surface area contributed by atoms with E-state index in [-0.39, 0.29) is 12.5 Å². The molecule has 0 saturated heterocycles. The van der Waals surface area contributed by atoms with E-state index >= 15 is 0 Å². The summed E-state index contributed by atoms with van der Waals surface area (Å²) >= 11 is 0. The molecule has 0 saturated carbocycles. The van der Waals surface area contributed by atoms with Gasteiger partial charge in [0.25, 0.3) is 0 Å². The average Bonchev–Trinajstić information content (AvgIpc) is 2.90. The van der Waals surface area contributed by atoms with Crippen molar-refractivity contribution >= 4 is 11.6 Å². The van der Waals surface area contributed by atoms with Crippen LogP contribution in [-0.2, 0) is 11.2 Å². The largest absolute Gasteiger partial charge is 0.396 e. The summed E-state index contributed by atoms with van der Waals surface area (Å²) in [6.07, 6.45) is 1.73. The summed E-state index contributed by atoms with van der Waals surface area (Å²) in [5.41, 5.74) is 3.01. The second kappa shape index (κ2) is 7.54. The molecule has 0 aromatic heterocycles. The highest BCUT2D eigenvalue weighted by molar-refractivity contribution is 5.93. The predicted octanol–water partition coefficient (Wildman–Crippen LogP) is 0.991. The molecule has 0 spiro atoms. The maximum Gasteiger partial charge on any atom is 0.223 e. The van der Waals surface area contributed by atoms with E-state index in [1.54, 1.807) is 11.8 Å². The first-order valence-electron chi connectivity index (χ1n) is 7.54. The maximum atomic E-state index is 11.5. The van der Waals surface area contributed by atoms with Crippen molar-refractivity contribution in [1.29, 1.82) is 0 Å². The number of benzene rings is 1. The molecule has 3 N–H and O–H groups in total. The molecule has 0 bridgehead atoms. The molecule has 1 unspecified atom stereocenters. The van der Waals surface area contributed by atoms with Gasteiger partial charge in [0.05, 0.1) is 6.10 Å². The van der Waals surface area contributed by atoms with E-state index in [4.69, 9.17) is 5.11 Å². The number of fused-ring (bicyclic) bond motifs is 1. The molecule has 0 radical (unpaired) electrons. The van der Waals surface area contributed by atoms with Gasteiger partial charge in [0.1, 0.15) is 0 Å². The zero-order chi connectivity index (χ0) is 15.2. The lowest BCUT2D eigenvalue weighted by Crippen LogP contribution is -2.25. The van der Waals surface area contributed by atoms with Gasteiger partial charge in [-0.05, 0) is 49.5 Å². The molecule has 5 nitrogen and oxygen atoms in total. The van der Waals surface area contributed by atoms with Crippen LogP contribution in [-0.4, -0.2) is 42.4 Å². The average molecular weight is 292 g/mol. The molecular weight excluding hydrogens is 268 g/mol. The molecule has 1 aromatic rings. The molecule has 0 aliphatic carbocycles. The van der Waals surface area contributed by atoms with Crippen LogP contribution in [0.5, 0.6) is 0 Å². The Morgan fingerprint density at radius 3 is 2.95 bits per heavy atom. The first-order valence-corrected chi connectivity index (χ1v) is 7.54.